The van der Waals surface area contributed by atoms with Gasteiger partial charge in [-0.15, -0.1) is 0 Å². The molecule has 1 rings (SSSR count). The fraction of sp³-hybridized carbons (Fsp3) is 0.300. The van der Waals surface area contributed by atoms with Crippen molar-refractivity contribution in [2.75, 3.05) is 0 Å². The molecule has 2 atom stereocenters. The number of amidine groups is 1. The summed E-state index contributed by atoms with van der Waals surface area (Å²) in [6.07, 6.45) is -1.70. The lowest BCUT2D eigenvalue weighted by atomic mass is 10.0. The highest BCUT2D eigenvalue weighted by Gasteiger charge is 2.12. The Bertz CT molecular complexity index is 319. The van der Waals surface area contributed by atoms with E-state index in [0.29, 0.717) is 11.1 Å². The van der Waals surface area contributed by atoms with Gasteiger partial charge in [0.1, 0.15) is 11.9 Å². The molecule has 0 aromatic heterocycles. The van der Waals surface area contributed by atoms with E-state index in [0.717, 1.165) is 0 Å². The van der Waals surface area contributed by atoms with Crippen LogP contribution < -0.4 is 5.73 Å². The van der Waals surface area contributed by atoms with Gasteiger partial charge in [0.15, 0.2) is 0 Å². The molecular weight excluding hydrogens is 180 g/mol. The average molecular weight is 194 g/mol. The number of hydrogen-bond donors (Lipinski definition) is 4. The van der Waals surface area contributed by atoms with E-state index in [1.165, 1.54) is 6.92 Å². The third kappa shape index (κ3) is 2.31. The third-order valence-electron chi connectivity index (χ3n) is 2.02. The van der Waals surface area contributed by atoms with Gasteiger partial charge in [0.25, 0.3) is 0 Å². The molecule has 0 radical (unpaired) electrons. The van der Waals surface area contributed by atoms with Gasteiger partial charge >= 0.3 is 0 Å². The number of aliphatic hydroxyl groups excluding tert-OH is 2. The minimum Gasteiger partial charge on any atom is -0.390 e. The summed E-state index contributed by atoms with van der Waals surface area (Å²) in [5, 5.41) is 25.8. The third-order valence-corrected chi connectivity index (χ3v) is 2.02. The quantitative estimate of drug-likeness (QED) is 0.414. The molecule has 0 fully saturated rings. The van der Waals surface area contributed by atoms with Crippen molar-refractivity contribution in [1.29, 1.82) is 5.41 Å². The standard InChI is InChI=1S/C10H14N2O2/c1-6(13)9(14)7-2-4-8(5-3-7)10(11)12/h2-6,9,13-14H,1H3,(H3,11,12). The summed E-state index contributed by atoms with van der Waals surface area (Å²) in [4.78, 5) is 0. The molecule has 1 aromatic rings. The van der Waals surface area contributed by atoms with Gasteiger partial charge in [-0.2, -0.15) is 0 Å². The van der Waals surface area contributed by atoms with Crippen LogP contribution in [0.15, 0.2) is 24.3 Å². The molecule has 5 N–H and O–H groups in total. The Morgan fingerprint density at radius 3 is 2.14 bits per heavy atom. The van der Waals surface area contributed by atoms with Crippen LogP contribution in [0.4, 0.5) is 0 Å². The predicted octanol–water partition coefficient (Wildman–Crippen LogP) is 0.385. The second kappa shape index (κ2) is 4.21. The van der Waals surface area contributed by atoms with E-state index in [1.807, 2.05) is 0 Å². The first kappa shape index (κ1) is 10.7. The summed E-state index contributed by atoms with van der Waals surface area (Å²) in [6, 6.07) is 6.58. The Kier molecular flexibility index (Phi) is 3.22. The van der Waals surface area contributed by atoms with Crippen LogP contribution in [0.5, 0.6) is 0 Å². The van der Waals surface area contributed by atoms with Crippen LogP contribution in [-0.4, -0.2) is 22.2 Å². The van der Waals surface area contributed by atoms with Crippen molar-refractivity contribution in [3.05, 3.63) is 35.4 Å². The van der Waals surface area contributed by atoms with Crippen molar-refractivity contribution in [3.8, 4) is 0 Å². The summed E-state index contributed by atoms with van der Waals surface area (Å²) in [5.41, 5.74) is 6.49. The Morgan fingerprint density at radius 2 is 1.79 bits per heavy atom. The van der Waals surface area contributed by atoms with Crippen LogP contribution in [0.1, 0.15) is 24.2 Å². The van der Waals surface area contributed by atoms with E-state index in [1.54, 1.807) is 24.3 Å². The Labute approximate surface area is 82.5 Å². The number of nitrogen functional groups attached to an aromatic ring is 1. The van der Waals surface area contributed by atoms with E-state index in [2.05, 4.69) is 0 Å². The normalized spacial score (nSPS) is 14.8. The molecule has 0 aliphatic rings. The minimum absolute atomic E-state index is 0.0110. The van der Waals surface area contributed by atoms with Crippen LogP contribution in [0.25, 0.3) is 0 Å². The highest BCUT2D eigenvalue weighted by Crippen LogP contribution is 2.16. The van der Waals surface area contributed by atoms with E-state index >= 15 is 0 Å². The maximum absolute atomic E-state index is 9.49. The fourth-order valence-electron chi connectivity index (χ4n) is 1.14. The number of benzene rings is 1. The van der Waals surface area contributed by atoms with Gasteiger partial charge in [-0.3, -0.25) is 5.41 Å². The van der Waals surface area contributed by atoms with Crippen molar-refractivity contribution in [2.24, 2.45) is 5.73 Å². The molecule has 0 heterocycles. The number of aliphatic hydroxyl groups is 2. The summed E-state index contributed by atoms with van der Waals surface area (Å²) >= 11 is 0. The molecule has 0 saturated carbocycles. The molecule has 0 spiro atoms. The van der Waals surface area contributed by atoms with Gasteiger partial charge in [0.05, 0.1) is 6.10 Å². The lowest BCUT2D eigenvalue weighted by molar-refractivity contribution is 0.0305. The van der Waals surface area contributed by atoms with Crippen molar-refractivity contribution >= 4 is 5.84 Å². The lowest BCUT2D eigenvalue weighted by Gasteiger charge is -2.13. The van der Waals surface area contributed by atoms with E-state index < -0.39 is 12.2 Å². The molecule has 0 amide bonds. The molecule has 0 aliphatic carbocycles. The lowest BCUT2D eigenvalue weighted by Crippen LogP contribution is -2.15. The molecule has 0 aliphatic heterocycles. The fourth-order valence-corrected chi connectivity index (χ4v) is 1.14. The highest BCUT2D eigenvalue weighted by atomic mass is 16.3. The molecule has 1 aromatic carbocycles. The number of hydrogen-bond acceptors (Lipinski definition) is 3. The van der Waals surface area contributed by atoms with Crippen LogP contribution >= 0.6 is 0 Å². The second-order valence-corrected chi connectivity index (χ2v) is 3.22. The highest BCUT2D eigenvalue weighted by molar-refractivity contribution is 5.94. The topological polar surface area (TPSA) is 90.3 Å². The van der Waals surface area contributed by atoms with Crippen LogP contribution in [0, 0.1) is 5.41 Å². The molecule has 4 nitrogen and oxygen atoms in total. The van der Waals surface area contributed by atoms with Crippen LogP contribution in [0.3, 0.4) is 0 Å². The summed E-state index contributed by atoms with van der Waals surface area (Å²) < 4.78 is 0. The second-order valence-electron chi connectivity index (χ2n) is 3.22. The monoisotopic (exact) mass is 194 g/mol. The van der Waals surface area contributed by atoms with Crippen molar-refractivity contribution < 1.29 is 10.2 Å². The molecule has 76 valence electrons. The van der Waals surface area contributed by atoms with Crippen molar-refractivity contribution in [1.82, 2.24) is 0 Å². The Balaban J connectivity index is 2.88. The molecule has 4 heteroatoms. The number of nitrogens with two attached hydrogens (primary N) is 1. The van der Waals surface area contributed by atoms with Gasteiger partial charge in [0.2, 0.25) is 0 Å². The minimum atomic E-state index is -0.893. The largest absolute Gasteiger partial charge is 0.390 e. The molecule has 0 bridgehead atoms. The average Bonchev–Trinajstić information content (AvgIpc) is 2.16. The number of nitrogens with one attached hydrogen (secondary N) is 1. The zero-order valence-corrected chi connectivity index (χ0v) is 7.94. The smallest absolute Gasteiger partial charge is 0.122 e. The van der Waals surface area contributed by atoms with Gasteiger partial charge in [-0.05, 0) is 12.5 Å². The molecular formula is C10H14N2O2. The first-order valence-electron chi connectivity index (χ1n) is 4.33. The van der Waals surface area contributed by atoms with Crippen LogP contribution in [0.2, 0.25) is 0 Å². The van der Waals surface area contributed by atoms with E-state index in [9.17, 15) is 5.11 Å². The predicted molar refractivity (Wildman–Crippen MR) is 54.1 cm³/mol. The molecule has 2 unspecified atom stereocenters. The van der Waals surface area contributed by atoms with Gasteiger partial charge in [-0.1, -0.05) is 24.3 Å². The van der Waals surface area contributed by atoms with Crippen molar-refractivity contribution in [3.63, 3.8) is 0 Å². The van der Waals surface area contributed by atoms with E-state index in [-0.39, 0.29) is 5.84 Å². The summed E-state index contributed by atoms with van der Waals surface area (Å²) in [7, 11) is 0. The van der Waals surface area contributed by atoms with E-state index in [4.69, 9.17) is 16.2 Å². The summed E-state index contributed by atoms with van der Waals surface area (Å²) in [5.74, 6) is -0.0110. The first-order valence-corrected chi connectivity index (χ1v) is 4.33. The first-order chi connectivity index (χ1) is 6.52. The Morgan fingerprint density at radius 1 is 1.29 bits per heavy atom. The van der Waals surface area contributed by atoms with Gasteiger partial charge in [-0.25, -0.2) is 0 Å². The van der Waals surface area contributed by atoms with Crippen LogP contribution in [-0.2, 0) is 0 Å². The van der Waals surface area contributed by atoms with Gasteiger partial charge in [0, 0.05) is 5.56 Å². The summed E-state index contributed by atoms with van der Waals surface area (Å²) in [6.45, 7) is 1.52. The number of rotatable bonds is 3. The maximum Gasteiger partial charge on any atom is 0.122 e. The maximum atomic E-state index is 9.49. The van der Waals surface area contributed by atoms with Gasteiger partial charge < -0.3 is 15.9 Å². The molecule has 0 saturated heterocycles. The Hall–Kier alpha value is -1.39. The SMILES string of the molecule is CC(O)C(O)c1ccc(C(=N)N)cc1. The zero-order chi connectivity index (χ0) is 10.7. The van der Waals surface area contributed by atoms with Crippen molar-refractivity contribution in [2.45, 2.75) is 19.1 Å². The molecule has 14 heavy (non-hydrogen) atoms. The zero-order valence-electron chi connectivity index (χ0n) is 7.94.